The van der Waals surface area contributed by atoms with Crippen molar-refractivity contribution in [2.45, 2.75) is 20.0 Å². The molecule has 2 aromatic rings. The van der Waals surface area contributed by atoms with Gasteiger partial charge >= 0.3 is 5.97 Å². The molecule has 5 heteroatoms. The Morgan fingerprint density at radius 1 is 1.09 bits per heavy atom. The molecule has 23 heavy (non-hydrogen) atoms. The molecule has 0 radical (unpaired) electrons. The van der Waals surface area contributed by atoms with Gasteiger partial charge in [-0.05, 0) is 36.8 Å². The zero-order chi connectivity index (χ0) is 16.8. The Kier molecular flexibility index (Phi) is 5.36. The molecule has 120 valence electrons. The molecule has 0 unspecified atom stereocenters. The Balaban J connectivity index is 2.20. The number of carbonyl (C=O) groups excluding carboxylic acids is 1. The topological polar surface area (TPSA) is 72.8 Å². The average Bonchev–Trinajstić information content (AvgIpc) is 2.52. The van der Waals surface area contributed by atoms with E-state index in [2.05, 4.69) is 0 Å². The summed E-state index contributed by atoms with van der Waals surface area (Å²) >= 11 is 0. The van der Waals surface area contributed by atoms with Crippen LogP contribution in [0.2, 0.25) is 0 Å². The number of aliphatic carboxylic acids is 1. The van der Waals surface area contributed by atoms with Gasteiger partial charge in [-0.15, -0.1) is 0 Å². The molecule has 0 aliphatic rings. The van der Waals surface area contributed by atoms with Gasteiger partial charge in [-0.25, -0.2) is 0 Å². The zero-order valence-electron chi connectivity index (χ0n) is 13.0. The van der Waals surface area contributed by atoms with Crippen molar-refractivity contribution in [3.8, 4) is 11.5 Å². The molecule has 0 bridgehead atoms. The van der Waals surface area contributed by atoms with Crippen molar-refractivity contribution in [2.24, 2.45) is 0 Å². The first-order valence-electron chi connectivity index (χ1n) is 7.11. The number of para-hydroxylation sites is 1. The lowest BCUT2D eigenvalue weighted by Gasteiger charge is -2.12. The van der Waals surface area contributed by atoms with Crippen LogP contribution in [0.15, 0.2) is 42.5 Å². The van der Waals surface area contributed by atoms with E-state index >= 15 is 0 Å². The number of ketones is 1. The lowest BCUT2D eigenvalue weighted by atomic mass is 10.0. The highest BCUT2D eigenvalue weighted by molar-refractivity contribution is 5.96. The Hall–Kier alpha value is -2.82. The molecule has 0 aromatic heterocycles. The van der Waals surface area contributed by atoms with Gasteiger partial charge in [0.1, 0.15) is 18.1 Å². The van der Waals surface area contributed by atoms with Crippen molar-refractivity contribution in [1.82, 2.24) is 0 Å². The van der Waals surface area contributed by atoms with E-state index in [1.54, 1.807) is 25.3 Å². The quantitative estimate of drug-likeness (QED) is 0.795. The molecule has 0 atom stereocenters. The van der Waals surface area contributed by atoms with Crippen LogP contribution >= 0.6 is 0 Å². The number of Topliss-reactive ketones (excluding diaryl/α,β-unsaturated/α-hetero) is 1. The Morgan fingerprint density at radius 2 is 1.83 bits per heavy atom. The number of hydrogen-bond donors (Lipinski definition) is 1. The summed E-state index contributed by atoms with van der Waals surface area (Å²) in [5.41, 5.74) is 1.73. The first kappa shape index (κ1) is 16.5. The summed E-state index contributed by atoms with van der Waals surface area (Å²) in [6, 6.07) is 12.3. The van der Waals surface area contributed by atoms with Gasteiger partial charge in [0, 0.05) is 11.1 Å². The lowest BCUT2D eigenvalue weighted by molar-refractivity contribution is -0.136. The summed E-state index contributed by atoms with van der Waals surface area (Å²) < 4.78 is 11.0. The lowest BCUT2D eigenvalue weighted by Crippen LogP contribution is -2.07. The van der Waals surface area contributed by atoms with Crippen molar-refractivity contribution in [3.05, 3.63) is 59.2 Å². The third-order valence-corrected chi connectivity index (χ3v) is 3.38. The van der Waals surface area contributed by atoms with Crippen molar-refractivity contribution >= 4 is 11.8 Å². The number of benzene rings is 2. The molecular weight excluding hydrogens is 296 g/mol. The number of carbonyl (C=O) groups is 2. The fraction of sp³-hybridized carbons (Fsp3) is 0.222. The van der Waals surface area contributed by atoms with E-state index in [9.17, 15) is 9.59 Å². The number of ether oxygens (including phenoxy) is 2. The van der Waals surface area contributed by atoms with Crippen LogP contribution in [0.5, 0.6) is 11.5 Å². The molecule has 0 saturated heterocycles. The predicted octanol–water partition coefficient (Wildman–Crippen LogP) is 3.10. The number of methoxy groups -OCH3 is 1. The molecule has 0 fully saturated rings. The number of carboxylic acids is 1. The smallest absolute Gasteiger partial charge is 0.307 e. The van der Waals surface area contributed by atoms with E-state index in [4.69, 9.17) is 14.6 Å². The van der Waals surface area contributed by atoms with E-state index in [0.717, 1.165) is 11.3 Å². The molecule has 2 rings (SSSR count). The summed E-state index contributed by atoms with van der Waals surface area (Å²) in [5, 5.41) is 8.97. The van der Waals surface area contributed by atoms with Gasteiger partial charge < -0.3 is 14.6 Å². The second-order valence-electron chi connectivity index (χ2n) is 5.05. The fourth-order valence-electron chi connectivity index (χ4n) is 2.30. The van der Waals surface area contributed by atoms with Crippen LogP contribution in [-0.2, 0) is 17.8 Å². The highest BCUT2D eigenvalue weighted by Gasteiger charge is 2.12. The maximum atomic E-state index is 11.6. The van der Waals surface area contributed by atoms with Crippen LogP contribution in [0.1, 0.15) is 28.4 Å². The van der Waals surface area contributed by atoms with Gasteiger partial charge in [-0.1, -0.05) is 18.2 Å². The van der Waals surface area contributed by atoms with E-state index in [-0.39, 0.29) is 18.8 Å². The van der Waals surface area contributed by atoms with E-state index in [0.29, 0.717) is 16.9 Å². The van der Waals surface area contributed by atoms with E-state index in [1.165, 1.54) is 6.92 Å². The number of rotatable bonds is 7. The second-order valence-corrected chi connectivity index (χ2v) is 5.05. The van der Waals surface area contributed by atoms with Crippen LogP contribution in [0.25, 0.3) is 0 Å². The monoisotopic (exact) mass is 314 g/mol. The van der Waals surface area contributed by atoms with Gasteiger partial charge in [-0.2, -0.15) is 0 Å². The molecule has 0 aliphatic heterocycles. The van der Waals surface area contributed by atoms with Crippen molar-refractivity contribution < 1.29 is 24.2 Å². The SMILES string of the molecule is COc1ccccc1COc1ccc(C(C)=O)c(CC(=O)O)c1. The third kappa shape index (κ3) is 4.32. The number of carboxylic acid groups (broad SMARTS) is 1. The van der Waals surface area contributed by atoms with Gasteiger partial charge in [0.05, 0.1) is 13.5 Å². The van der Waals surface area contributed by atoms with Crippen LogP contribution in [0.3, 0.4) is 0 Å². The van der Waals surface area contributed by atoms with E-state index in [1.807, 2.05) is 24.3 Å². The average molecular weight is 314 g/mol. The molecule has 0 saturated carbocycles. The van der Waals surface area contributed by atoms with Crippen molar-refractivity contribution in [1.29, 1.82) is 0 Å². The predicted molar refractivity (Wildman–Crippen MR) is 85.1 cm³/mol. The van der Waals surface area contributed by atoms with Gasteiger partial charge in [0.2, 0.25) is 0 Å². The van der Waals surface area contributed by atoms with Gasteiger partial charge in [0.25, 0.3) is 0 Å². The number of hydrogen-bond acceptors (Lipinski definition) is 4. The summed E-state index contributed by atoms with van der Waals surface area (Å²) in [6.07, 6.45) is -0.221. The van der Waals surface area contributed by atoms with Crippen molar-refractivity contribution in [3.63, 3.8) is 0 Å². The van der Waals surface area contributed by atoms with Crippen LogP contribution < -0.4 is 9.47 Å². The zero-order valence-corrected chi connectivity index (χ0v) is 13.0. The molecule has 0 aliphatic carbocycles. The maximum Gasteiger partial charge on any atom is 0.307 e. The van der Waals surface area contributed by atoms with Gasteiger partial charge in [0.15, 0.2) is 5.78 Å². The molecule has 0 heterocycles. The Bertz CT molecular complexity index is 721. The summed E-state index contributed by atoms with van der Waals surface area (Å²) in [5.74, 6) is 0.0719. The second kappa shape index (κ2) is 7.45. The van der Waals surface area contributed by atoms with Gasteiger partial charge in [-0.3, -0.25) is 9.59 Å². The third-order valence-electron chi connectivity index (χ3n) is 3.38. The van der Waals surface area contributed by atoms with Crippen molar-refractivity contribution in [2.75, 3.05) is 7.11 Å². The van der Waals surface area contributed by atoms with Crippen LogP contribution in [-0.4, -0.2) is 24.0 Å². The molecular formula is C18H18O5. The minimum Gasteiger partial charge on any atom is -0.496 e. The van der Waals surface area contributed by atoms with E-state index < -0.39 is 5.97 Å². The molecule has 0 amide bonds. The normalized spacial score (nSPS) is 10.2. The van der Waals surface area contributed by atoms with Crippen LogP contribution in [0.4, 0.5) is 0 Å². The summed E-state index contributed by atoms with van der Waals surface area (Å²) in [4.78, 5) is 22.5. The Morgan fingerprint density at radius 3 is 2.48 bits per heavy atom. The first-order chi connectivity index (χ1) is 11.0. The Labute approximate surface area is 134 Å². The fourth-order valence-corrected chi connectivity index (χ4v) is 2.30. The highest BCUT2D eigenvalue weighted by Crippen LogP contribution is 2.23. The first-order valence-corrected chi connectivity index (χ1v) is 7.11. The molecule has 0 spiro atoms. The van der Waals surface area contributed by atoms with Crippen LogP contribution in [0, 0.1) is 0 Å². The largest absolute Gasteiger partial charge is 0.496 e. The molecule has 2 aromatic carbocycles. The minimum absolute atomic E-state index is 0.169. The molecule has 5 nitrogen and oxygen atoms in total. The highest BCUT2D eigenvalue weighted by atomic mass is 16.5. The standard InChI is InChI=1S/C18H18O5/c1-12(19)16-8-7-15(9-14(16)10-18(20)21)23-11-13-5-3-4-6-17(13)22-2/h3-9H,10-11H2,1-2H3,(H,20,21). The maximum absolute atomic E-state index is 11.6. The minimum atomic E-state index is -0.991. The molecule has 1 N–H and O–H groups in total. The summed E-state index contributed by atoms with van der Waals surface area (Å²) in [6.45, 7) is 1.70. The summed E-state index contributed by atoms with van der Waals surface area (Å²) in [7, 11) is 1.59.